The van der Waals surface area contributed by atoms with Crippen molar-refractivity contribution >= 4 is 11.8 Å². The summed E-state index contributed by atoms with van der Waals surface area (Å²) in [6.45, 7) is 9.26. The predicted octanol–water partition coefficient (Wildman–Crippen LogP) is -0.772. The quantitative estimate of drug-likeness (QED) is 0.715. The van der Waals surface area contributed by atoms with Gasteiger partial charge in [0.05, 0.1) is 13.1 Å². The Labute approximate surface area is 149 Å². The maximum absolute atomic E-state index is 12.5. The van der Waals surface area contributed by atoms with Crippen LogP contribution in [-0.4, -0.2) is 99.9 Å². The lowest BCUT2D eigenvalue weighted by molar-refractivity contribution is -0.139. The van der Waals surface area contributed by atoms with Crippen molar-refractivity contribution in [2.75, 3.05) is 58.9 Å². The van der Waals surface area contributed by atoms with Gasteiger partial charge >= 0.3 is 0 Å². The van der Waals surface area contributed by atoms with Crippen molar-refractivity contribution in [3.63, 3.8) is 0 Å². The Hall–Kier alpha value is -1.93. The first-order valence-corrected chi connectivity index (χ1v) is 8.97. The van der Waals surface area contributed by atoms with Crippen LogP contribution < -0.4 is 0 Å². The number of amides is 2. The number of carbonyl (C=O) groups excluding carboxylic acids is 2. The lowest BCUT2D eigenvalue weighted by Gasteiger charge is -2.37. The van der Waals surface area contributed by atoms with Crippen molar-refractivity contribution in [1.82, 2.24) is 29.2 Å². The number of nitrogens with zero attached hydrogens (tertiary/aromatic N) is 6. The number of imidazole rings is 1. The Kier molecular flexibility index (Phi) is 5.70. The Morgan fingerprint density at radius 3 is 2.12 bits per heavy atom. The average Bonchev–Trinajstić information content (AvgIpc) is 3.01. The van der Waals surface area contributed by atoms with Crippen LogP contribution in [0.3, 0.4) is 0 Å². The Morgan fingerprint density at radius 1 is 0.960 bits per heavy atom. The van der Waals surface area contributed by atoms with E-state index in [2.05, 4.69) is 19.4 Å². The van der Waals surface area contributed by atoms with Gasteiger partial charge in [-0.05, 0) is 0 Å². The molecule has 8 heteroatoms. The molecule has 1 aromatic rings. The molecule has 0 bridgehead atoms. The number of piperazine rings is 2. The van der Waals surface area contributed by atoms with Crippen LogP contribution in [0.25, 0.3) is 0 Å². The molecule has 2 fully saturated rings. The third-order valence-corrected chi connectivity index (χ3v) is 5.19. The molecule has 0 radical (unpaired) electrons. The van der Waals surface area contributed by atoms with Gasteiger partial charge < -0.3 is 14.4 Å². The van der Waals surface area contributed by atoms with Crippen molar-refractivity contribution in [3.05, 3.63) is 18.2 Å². The smallest absolute Gasteiger partial charge is 0.236 e. The largest absolute Gasteiger partial charge is 0.339 e. The van der Waals surface area contributed by atoms with E-state index in [1.165, 1.54) is 0 Å². The third kappa shape index (κ3) is 4.58. The van der Waals surface area contributed by atoms with Gasteiger partial charge in [0, 0.05) is 78.7 Å². The maximum Gasteiger partial charge on any atom is 0.236 e. The number of aromatic nitrogens is 2. The Balaban J connectivity index is 1.39. The van der Waals surface area contributed by atoms with Crippen LogP contribution in [0.5, 0.6) is 0 Å². The Bertz CT molecular complexity index is 600. The van der Waals surface area contributed by atoms with Gasteiger partial charge in [0.2, 0.25) is 11.8 Å². The van der Waals surface area contributed by atoms with Crippen LogP contribution in [0.4, 0.5) is 0 Å². The van der Waals surface area contributed by atoms with E-state index in [0.29, 0.717) is 32.7 Å². The van der Waals surface area contributed by atoms with Crippen LogP contribution in [0, 0.1) is 0 Å². The first-order chi connectivity index (χ1) is 12.0. The predicted molar refractivity (Wildman–Crippen MR) is 93.8 cm³/mol. The third-order valence-electron chi connectivity index (χ3n) is 5.19. The monoisotopic (exact) mass is 348 g/mol. The van der Waals surface area contributed by atoms with Crippen molar-refractivity contribution in [2.24, 2.45) is 7.05 Å². The van der Waals surface area contributed by atoms with Gasteiger partial charge in [-0.3, -0.25) is 19.4 Å². The molecule has 3 rings (SSSR count). The second kappa shape index (κ2) is 7.97. The molecule has 0 aliphatic carbocycles. The van der Waals surface area contributed by atoms with Gasteiger partial charge in [0.25, 0.3) is 0 Å². The maximum atomic E-state index is 12.5. The van der Waals surface area contributed by atoms with Crippen LogP contribution in [0.15, 0.2) is 12.4 Å². The first-order valence-electron chi connectivity index (χ1n) is 8.97. The fourth-order valence-electron chi connectivity index (χ4n) is 3.42. The molecular formula is C17H28N6O2. The molecule has 3 heterocycles. The highest BCUT2D eigenvalue weighted by atomic mass is 16.2. The summed E-state index contributed by atoms with van der Waals surface area (Å²) in [5, 5.41) is 0. The molecule has 2 aliphatic heterocycles. The van der Waals surface area contributed by atoms with E-state index in [0.717, 1.165) is 38.5 Å². The average molecular weight is 348 g/mol. The summed E-state index contributed by atoms with van der Waals surface area (Å²) in [4.78, 5) is 36.5. The molecule has 25 heavy (non-hydrogen) atoms. The van der Waals surface area contributed by atoms with E-state index >= 15 is 0 Å². The van der Waals surface area contributed by atoms with Gasteiger partial charge in [0.1, 0.15) is 5.82 Å². The molecule has 138 valence electrons. The van der Waals surface area contributed by atoms with Crippen molar-refractivity contribution in [3.8, 4) is 0 Å². The van der Waals surface area contributed by atoms with E-state index in [-0.39, 0.29) is 11.8 Å². The van der Waals surface area contributed by atoms with Crippen LogP contribution in [0.1, 0.15) is 12.7 Å². The summed E-state index contributed by atoms with van der Waals surface area (Å²) in [6.07, 6.45) is 3.80. The topological polar surface area (TPSA) is 64.9 Å². The molecule has 0 N–H and O–H groups in total. The lowest BCUT2D eigenvalue weighted by Crippen LogP contribution is -2.54. The van der Waals surface area contributed by atoms with Crippen LogP contribution in [0.2, 0.25) is 0 Å². The summed E-state index contributed by atoms with van der Waals surface area (Å²) in [5.74, 6) is 1.35. The number of carbonyl (C=O) groups is 2. The number of rotatable bonds is 4. The summed E-state index contributed by atoms with van der Waals surface area (Å²) in [6, 6.07) is 0. The molecule has 0 spiro atoms. The summed E-state index contributed by atoms with van der Waals surface area (Å²) in [7, 11) is 2.02. The number of hydrogen-bond acceptors (Lipinski definition) is 5. The summed E-state index contributed by atoms with van der Waals surface area (Å²) in [5.41, 5.74) is 0. The fourth-order valence-corrected chi connectivity index (χ4v) is 3.42. The van der Waals surface area contributed by atoms with E-state index in [1.54, 1.807) is 11.8 Å². The van der Waals surface area contributed by atoms with E-state index < -0.39 is 0 Å². The highest BCUT2D eigenvalue weighted by Crippen LogP contribution is 2.08. The molecule has 1 aromatic heterocycles. The SMILES string of the molecule is CC(=O)N1CCN(C(=O)CN2CCN(Cc3nccn3C)CC2)CC1. The lowest BCUT2D eigenvalue weighted by atomic mass is 10.2. The molecule has 2 amide bonds. The van der Waals surface area contributed by atoms with Gasteiger partial charge in [-0.2, -0.15) is 0 Å². The molecule has 2 saturated heterocycles. The van der Waals surface area contributed by atoms with Gasteiger partial charge in [-0.25, -0.2) is 4.98 Å². The highest BCUT2D eigenvalue weighted by Gasteiger charge is 2.25. The first kappa shape index (κ1) is 17.9. The van der Waals surface area contributed by atoms with Crippen molar-refractivity contribution in [2.45, 2.75) is 13.5 Å². The molecule has 0 atom stereocenters. The highest BCUT2D eigenvalue weighted by molar-refractivity contribution is 5.79. The minimum atomic E-state index is 0.0935. The minimum Gasteiger partial charge on any atom is -0.339 e. The summed E-state index contributed by atoms with van der Waals surface area (Å²) >= 11 is 0. The Morgan fingerprint density at radius 2 is 1.56 bits per heavy atom. The second-order valence-corrected chi connectivity index (χ2v) is 6.89. The number of aryl methyl sites for hydroxylation is 1. The van der Waals surface area contributed by atoms with Gasteiger partial charge in [0.15, 0.2) is 0 Å². The standard InChI is InChI=1S/C17H28N6O2/c1-15(24)22-9-11-23(12-10-22)17(25)14-21-7-5-20(6-8-21)13-16-18-3-4-19(16)2/h3-4H,5-14H2,1-2H3. The molecule has 0 saturated carbocycles. The second-order valence-electron chi connectivity index (χ2n) is 6.89. The summed E-state index contributed by atoms with van der Waals surface area (Å²) < 4.78 is 2.05. The van der Waals surface area contributed by atoms with Gasteiger partial charge in [-0.1, -0.05) is 0 Å². The van der Waals surface area contributed by atoms with E-state index in [4.69, 9.17) is 0 Å². The number of hydrogen-bond donors (Lipinski definition) is 0. The molecule has 0 unspecified atom stereocenters. The fraction of sp³-hybridized carbons (Fsp3) is 0.706. The molecule has 8 nitrogen and oxygen atoms in total. The van der Waals surface area contributed by atoms with Crippen LogP contribution in [-0.2, 0) is 23.2 Å². The van der Waals surface area contributed by atoms with Crippen LogP contribution >= 0.6 is 0 Å². The van der Waals surface area contributed by atoms with Gasteiger partial charge in [-0.15, -0.1) is 0 Å². The normalized spacial score (nSPS) is 20.1. The minimum absolute atomic E-state index is 0.0935. The van der Waals surface area contributed by atoms with Crippen molar-refractivity contribution in [1.29, 1.82) is 0 Å². The zero-order valence-corrected chi connectivity index (χ0v) is 15.2. The molecule has 0 aromatic carbocycles. The van der Waals surface area contributed by atoms with E-state index in [9.17, 15) is 9.59 Å². The molecular weight excluding hydrogens is 320 g/mol. The van der Waals surface area contributed by atoms with E-state index in [1.807, 2.05) is 24.3 Å². The van der Waals surface area contributed by atoms with Crippen molar-refractivity contribution < 1.29 is 9.59 Å². The zero-order valence-electron chi connectivity index (χ0n) is 15.2. The zero-order chi connectivity index (χ0) is 17.8. The molecule has 2 aliphatic rings.